The highest BCUT2D eigenvalue weighted by Crippen LogP contribution is 2.61. The molecule has 0 spiro atoms. The van der Waals surface area contributed by atoms with Crippen LogP contribution >= 0.6 is 69.6 Å². The van der Waals surface area contributed by atoms with E-state index in [4.69, 9.17) is 84.2 Å². The van der Waals surface area contributed by atoms with Crippen LogP contribution in [0.3, 0.4) is 0 Å². The Bertz CT molecular complexity index is 3360. The van der Waals surface area contributed by atoms with Crippen molar-refractivity contribution in [3.05, 3.63) is 254 Å². The van der Waals surface area contributed by atoms with Gasteiger partial charge in [0.2, 0.25) is 0 Å². The molecular weight excluding hydrogens is 1090 g/mol. The predicted molar refractivity (Wildman–Crippen MR) is 317 cm³/mol. The molecule has 0 aliphatic heterocycles. The summed E-state index contributed by atoms with van der Waals surface area (Å²) >= 11 is 28.8. The average molecular weight is 1140 g/mol. The molecule has 392 valence electrons. The van der Waals surface area contributed by atoms with Crippen molar-refractivity contribution >= 4 is 69.6 Å². The third-order valence-corrected chi connectivity index (χ3v) is 14.5. The Hall–Kier alpha value is -6.32. The zero-order valence-corrected chi connectivity index (χ0v) is 46.8. The molecule has 0 heterocycles. The maximum atomic E-state index is 12.5. The van der Waals surface area contributed by atoms with Crippen LogP contribution in [0.1, 0.15) is 89.7 Å². The van der Waals surface area contributed by atoms with Crippen molar-refractivity contribution in [1.82, 2.24) is 0 Å². The quantitative estimate of drug-likeness (QED) is 0.128. The first-order valence-corrected chi connectivity index (χ1v) is 27.4. The van der Waals surface area contributed by atoms with E-state index in [0.717, 1.165) is 85.4 Å². The molecule has 0 radical (unpaired) electrons. The van der Waals surface area contributed by atoms with Gasteiger partial charge in [0.15, 0.2) is 8.59 Å². The van der Waals surface area contributed by atoms with Crippen molar-refractivity contribution in [3.63, 3.8) is 0 Å². The summed E-state index contributed by atoms with van der Waals surface area (Å²) < 4.78 is 11.6. The average Bonchev–Trinajstić information content (AvgIpc) is 3.60. The summed E-state index contributed by atoms with van der Waals surface area (Å²) in [6.07, 6.45) is 1.36. The molecule has 77 heavy (non-hydrogen) atoms. The summed E-state index contributed by atoms with van der Waals surface area (Å²) in [6.45, 7) is 0. The Morgan fingerprint density at radius 3 is 0.883 bits per heavy atom. The molecule has 13 rings (SSSR count). The van der Waals surface area contributed by atoms with Gasteiger partial charge in [-0.05, 0) is 137 Å². The van der Waals surface area contributed by atoms with Gasteiger partial charge in [0.05, 0.1) is 14.2 Å². The molecule has 0 amide bonds. The monoisotopic (exact) mass is 1140 g/mol. The summed E-state index contributed by atoms with van der Waals surface area (Å²) in [7, 11) is 4.51. The molecule has 0 saturated carbocycles. The van der Waals surface area contributed by atoms with E-state index in [0.29, 0.717) is 35.1 Å². The minimum Gasteiger partial charge on any atom is -0.507 e. The lowest BCUT2D eigenvalue weighted by Gasteiger charge is -2.44. The molecule has 4 aliphatic rings. The number of aliphatic hydroxyl groups is 1. The normalized spacial score (nSPS) is 14.3. The minimum atomic E-state index is -0.750. The second kappa shape index (κ2) is 24.6. The molecule has 4 aliphatic carbocycles. The fraction of sp³-hybridized carbons (Fsp3) is 0.169. The number of methoxy groups -OCH3 is 2. The van der Waals surface area contributed by atoms with Gasteiger partial charge < -0.3 is 29.9 Å². The van der Waals surface area contributed by atoms with E-state index in [1.54, 1.807) is 14.2 Å². The SMILES string of the molecule is CO.COc1c2ccc3c1C1c4ccccc4C3c3ccc(c(OC)c31)Cc1cc(-c3ccccc3)cc(c1O)Cc1cc(-c3ccccc3)cc(c1O)Cc1cc(-c3ccccc3)cc(c1O)C2.ClC(Cl)Cl.ClC(Cl)Cl. The summed E-state index contributed by atoms with van der Waals surface area (Å²) in [6, 6.07) is 60.6. The number of fused-ring (bicyclic) bond motifs is 8. The van der Waals surface area contributed by atoms with Crippen LogP contribution in [0.25, 0.3) is 33.4 Å². The van der Waals surface area contributed by atoms with Gasteiger partial charge in [0.1, 0.15) is 28.7 Å². The predicted octanol–water partition coefficient (Wildman–Crippen LogP) is 17.1. The summed E-state index contributed by atoms with van der Waals surface area (Å²) in [5, 5.41) is 44.6. The lowest BCUT2D eigenvalue weighted by molar-refractivity contribution is 0.392. The molecule has 0 aromatic heterocycles. The molecule has 9 aromatic rings. The van der Waals surface area contributed by atoms with Crippen molar-refractivity contribution in [1.29, 1.82) is 0 Å². The topological polar surface area (TPSA) is 99.4 Å². The Kier molecular flexibility index (Phi) is 17.7. The zero-order valence-electron chi connectivity index (χ0n) is 42.3. The molecule has 6 nitrogen and oxygen atoms in total. The van der Waals surface area contributed by atoms with Gasteiger partial charge in [-0.1, -0.05) is 209 Å². The van der Waals surface area contributed by atoms with Crippen LogP contribution in [0, 0.1) is 0 Å². The van der Waals surface area contributed by atoms with Gasteiger partial charge in [-0.15, -0.1) is 0 Å². The number of phenolic OH excluding ortho intramolecular Hbond substituents is 3. The molecule has 4 N–H and O–H groups in total. The largest absolute Gasteiger partial charge is 0.507 e. The van der Waals surface area contributed by atoms with Gasteiger partial charge in [-0.3, -0.25) is 0 Å². The van der Waals surface area contributed by atoms with Gasteiger partial charge in [-0.2, -0.15) is 0 Å². The summed E-state index contributed by atoms with van der Waals surface area (Å²) in [5.74, 6) is 1.87. The number of halogens is 6. The lowest BCUT2D eigenvalue weighted by Crippen LogP contribution is -2.29. The number of aromatic hydroxyl groups is 3. The molecule has 9 aromatic carbocycles. The Morgan fingerprint density at radius 1 is 0.338 bits per heavy atom. The molecule has 12 bridgehead atoms. The second-order valence-electron chi connectivity index (χ2n) is 18.7. The molecular formula is C65H54Cl6O6. The minimum absolute atomic E-state index is 0.0414. The van der Waals surface area contributed by atoms with E-state index >= 15 is 0 Å². The first-order chi connectivity index (χ1) is 37.3. The van der Waals surface area contributed by atoms with E-state index in [1.165, 1.54) is 22.3 Å². The first kappa shape index (κ1) is 55.4. The van der Waals surface area contributed by atoms with E-state index in [2.05, 4.69) is 109 Å². The molecule has 0 saturated heterocycles. The third-order valence-electron chi connectivity index (χ3n) is 14.5. The summed E-state index contributed by atoms with van der Waals surface area (Å²) in [5.41, 5.74) is 19.3. The van der Waals surface area contributed by atoms with Gasteiger partial charge in [0.25, 0.3) is 0 Å². The van der Waals surface area contributed by atoms with E-state index < -0.39 is 8.59 Å². The van der Waals surface area contributed by atoms with Crippen LogP contribution in [0.5, 0.6) is 28.7 Å². The van der Waals surface area contributed by atoms with Crippen LogP contribution in [-0.2, 0) is 25.7 Å². The number of hydrogen-bond acceptors (Lipinski definition) is 6. The van der Waals surface area contributed by atoms with Gasteiger partial charge in [0, 0.05) is 55.8 Å². The number of rotatable bonds is 5. The van der Waals surface area contributed by atoms with E-state index in [9.17, 15) is 15.3 Å². The fourth-order valence-electron chi connectivity index (χ4n) is 11.5. The Morgan fingerprint density at radius 2 is 0.597 bits per heavy atom. The number of aliphatic hydroxyl groups excluding tert-OH is 1. The van der Waals surface area contributed by atoms with Crippen LogP contribution in [0.2, 0.25) is 0 Å². The second-order valence-corrected chi connectivity index (χ2v) is 22.7. The van der Waals surface area contributed by atoms with Crippen molar-refractivity contribution < 1.29 is 29.9 Å². The Balaban J connectivity index is 0.000000671. The number of phenols is 3. The standard InChI is InChI=1S/C62H48O5.2CHCl3.CH4O/c1-66-61-39-22-24-52-54-50-20-12-13-21-51(50)55(56(52)61)57-53(54)25-23-40(62(57)67-2)27-45-29-42(37-16-8-4-9-17-37)31-47(59(45)64)35-49-33-43(38-18-10-5-11-19-38)32-48(60(49)65)34-46-30-41(28-44(26-39)58(46)63)36-14-6-3-7-15-36;2*2-1(3)4;1-2/h3-25,28-33,54-55,63-65H,26-27,34-35H2,1-2H3;2*1H;2H,1H3. The van der Waals surface area contributed by atoms with E-state index in [1.807, 2.05) is 66.7 Å². The van der Waals surface area contributed by atoms with Gasteiger partial charge in [-0.25, -0.2) is 0 Å². The van der Waals surface area contributed by atoms with Crippen molar-refractivity contribution in [2.24, 2.45) is 0 Å². The van der Waals surface area contributed by atoms with Crippen molar-refractivity contribution in [2.75, 3.05) is 21.3 Å². The number of hydrogen-bond donors (Lipinski definition) is 4. The highest BCUT2D eigenvalue weighted by molar-refractivity contribution is 6.63. The summed E-state index contributed by atoms with van der Waals surface area (Å²) in [4.78, 5) is 0. The highest BCUT2D eigenvalue weighted by Gasteiger charge is 2.45. The van der Waals surface area contributed by atoms with Crippen LogP contribution in [-0.4, -0.2) is 50.3 Å². The van der Waals surface area contributed by atoms with Crippen molar-refractivity contribution in [2.45, 2.75) is 46.1 Å². The van der Waals surface area contributed by atoms with Crippen LogP contribution in [0.15, 0.2) is 176 Å². The highest BCUT2D eigenvalue weighted by atomic mass is 35.6. The maximum absolute atomic E-state index is 12.5. The van der Waals surface area contributed by atoms with Crippen LogP contribution in [0.4, 0.5) is 0 Å². The smallest absolute Gasteiger partial charge is 0.180 e. The molecule has 0 fully saturated rings. The Labute approximate surface area is 479 Å². The molecule has 0 unspecified atom stereocenters. The maximum Gasteiger partial charge on any atom is 0.180 e. The van der Waals surface area contributed by atoms with E-state index in [-0.39, 0.29) is 41.9 Å². The third kappa shape index (κ3) is 11.5. The number of ether oxygens (including phenoxy) is 2. The lowest BCUT2D eigenvalue weighted by atomic mass is 9.60. The van der Waals surface area contributed by atoms with Gasteiger partial charge >= 0.3 is 0 Å². The fourth-order valence-corrected chi connectivity index (χ4v) is 11.5. The zero-order chi connectivity index (χ0) is 54.5. The first-order valence-electron chi connectivity index (χ1n) is 24.8. The number of alkyl halides is 6. The van der Waals surface area contributed by atoms with Crippen molar-refractivity contribution in [3.8, 4) is 62.1 Å². The number of benzene rings is 9. The molecule has 0 atom stereocenters. The molecule has 12 heteroatoms. The van der Waals surface area contributed by atoms with Crippen LogP contribution < -0.4 is 9.47 Å².